The monoisotopic (exact) mass is 456 g/mol. The summed E-state index contributed by atoms with van der Waals surface area (Å²) in [5.74, 6) is -0.236. The van der Waals surface area contributed by atoms with Gasteiger partial charge in [0.1, 0.15) is 5.82 Å². The molecule has 8 heteroatoms. The Balaban J connectivity index is 1.65. The second kappa shape index (κ2) is 10.1. The molecule has 4 rings (SSSR count). The average Bonchev–Trinajstić information content (AvgIpc) is 3.52. The molecule has 0 amide bonds. The van der Waals surface area contributed by atoms with Crippen molar-refractivity contribution in [3.63, 3.8) is 0 Å². The summed E-state index contributed by atoms with van der Waals surface area (Å²) in [6.45, 7) is 3.82. The standard InChI is InChI=1S/C24H29FN4O2S/c1-16(30)32-22-9-11-28(15-18(22)14-19-8-12-29(27-19)13-10-26)23(24(31)17-6-7-17)20-4-2-3-5-21(20)25/h2-5,8,12,14,17,22-23H,6-7,9-11,13,15,26H2,1H3. The van der Waals surface area contributed by atoms with Gasteiger partial charge in [0.15, 0.2) is 10.9 Å². The van der Waals surface area contributed by atoms with E-state index in [2.05, 4.69) is 10.00 Å². The molecule has 170 valence electrons. The van der Waals surface area contributed by atoms with Gasteiger partial charge in [-0.2, -0.15) is 5.10 Å². The number of nitrogens with zero attached hydrogens (tertiary/aromatic N) is 3. The first-order valence-corrected chi connectivity index (χ1v) is 12.0. The van der Waals surface area contributed by atoms with Crippen molar-refractivity contribution in [2.45, 2.75) is 44.0 Å². The van der Waals surface area contributed by atoms with E-state index in [4.69, 9.17) is 5.73 Å². The molecular weight excluding hydrogens is 427 g/mol. The Bertz CT molecular complexity index is 1020. The maximum Gasteiger partial charge on any atom is 0.186 e. The van der Waals surface area contributed by atoms with Gasteiger partial charge in [-0.15, -0.1) is 0 Å². The SMILES string of the molecule is CC(=O)SC1CCN(C(C(=O)C2CC2)c2ccccc2F)CC1=Cc1ccn(CCN)n1. The van der Waals surface area contributed by atoms with Gasteiger partial charge >= 0.3 is 0 Å². The zero-order valence-electron chi connectivity index (χ0n) is 18.2. The topological polar surface area (TPSA) is 81.2 Å². The molecule has 0 radical (unpaired) electrons. The van der Waals surface area contributed by atoms with Crippen molar-refractivity contribution in [2.75, 3.05) is 19.6 Å². The van der Waals surface area contributed by atoms with Crippen LogP contribution in [0.5, 0.6) is 0 Å². The Labute approximate surface area is 192 Å². The fourth-order valence-corrected chi connectivity index (χ4v) is 5.21. The molecule has 1 saturated heterocycles. The summed E-state index contributed by atoms with van der Waals surface area (Å²) >= 11 is 1.31. The molecule has 1 aromatic heterocycles. The first-order valence-electron chi connectivity index (χ1n) is 11.1. The number of hydrogen-bond donors (Lipinski definition) is 1. The van der Waals surface area contributed by atoms with Gasteiger partial charge in [0, 0.05) is 49.5 Å². The number of piperidine rings is 1. The summed E-state index contributed by atoms with van der Waals surface area (Å²) in [6, 6.07) is 7.88. The van der Waals surface area contributed by atoms with E-state index < -0.39 is 6.04 Å². The predicted molar refractivity (Wildman–Crippen MR) is 124 cm³/mol. The number of thioether (sulfide) groups is 1. The number of carbonyl (C=O) groups excluding carboxylic acids is 2. The summed E-state index contributed by atoms with van der Waals surface area (Å²) in [6.07, 6.45) is 6.34. The van der Waals surface area contributed by atoms with E-state index in [9.17, 15) is 14.0 Å². The molecule has 2 fully saturated rings. The number of nitrogens with two attached hydrogens (primary N) is 1. The molecule has 0 bridgehead atoms. The van der Waals surface area contributed by atoms with E-state index in [0.29, 0.717) is 38.2 Å². The molecule has 2 N–H and O–H groups in total. The number of rotatable bonds is 8. The number of Topliss-reactive ketones (excluding diaryl/α,β-unsaturated/α-hetero) is 1. The van der Waals surface area contributed by atoms with Gasteiger partial charge < -0.3 is 5.73 Å². The first kappa shape index (κ1) is 22.9. The molecule has 2 aromatic rings. The summed E-state index contributed by atoms with van der Waals surface area (Å²) in [4.78, 5) is 27.2. The average molecular weight is 457 g/mol. The molecule has 2 atom stereocenters. The minimum absolute atomic E-state index is 0.0145. The van der Waals surface area contributed by atoms with Crippen LogP contribution in [0.2, 0.25) is 0 Å². The van der Waals surface area contributed by atoms with Crippen molar-refractivity contribution < 1.29 is 14.0 Å². The molecule has 2 heterocycles. The molecular formula is C24H29FN4O2S. The molecule has 6 nitrogen and oxygen atoms in total. The Kier molecular flexibility index (Phi) is 7.23. The van der Waals surface area contributed by atoms with Crippen LogP contribution in [0.25, 0.3) is 6.08 Å². The van der Waals surface area contributed by atoms with E-state index in [1.807, 2.05) is 18.3 Å². The lowest BCUT2D eigenvalue weighted by molar-refractivity contribution is -0.126. The smallest absolute Gasteiger partial charge is 0.186 e. The van der Waals surface area contributed by atoms with Crippen LogP contribution >= 0.6 is 11.8 Å². The lowest BCUT2D eigenvalue weighted by Gasteiger charge is -2.38. The molecule has 1 aromatic carbocycles. The highest BCUT2D eigenvalue weighted by molar-refractivity contribution is 8.14. The number of ketones is 1. The van der Waals surface area contributed by atoms with Crippen molar-refractivity contribution in [1.29, 1.82) is 0 Å². The quantitative estimate of drug-likeness (QED) is 0.655. The van der Waals surface area contributed by atoms with Crippen molar-refractivity contribution in [3.05, 3.63) is 59.2 Å². The molecule has 1 aliphatic carbocycles. The van der Waals surface area contributed by atoms with Crippen LogP contribution < -0.4 is 5.73 Å². The number of halogens is 1. The van der Waals surface area contributed by atoms with Crippen LogP contribution in [-0.4, -0.2) is 50.5 Å². The third kappa shape index (κ3) is 5.36. The summed E-state index contributed by atoms with van der Waals surface area (Å²) in [7, 11) is 0. The maximum absolute atomic E-state index is 14.7. The predicted octanol–water partition coefficient (Wildman–Crippen LogP) is 3.44. The number of hydrogen-bond acceptors (Lipinski definition) is 6. The first-order chi connectivity index (χ1) is 15.5. The highest BCUT2D eigenvalue weighted by atomic mass is 32.2. The van der Waals surface area contributed by atoms with Gasteiger partial charge in [-0.25, -0.2) is 4.39 Å². The number of likely N-dealkylation sites (tertiary alicyclic amines) is 1. The lowest BCUT2D eigenvalue weighted by Crippen LogP contribution is -2.43. The Morgan fingerprint density at radius 1 is 1.28 bits per heavy atom. The molecule has 32 heavy (non-hydrogen) atoms. The van der Waals surface area contributed by atoms with Gasteiger partial charge in [0.2, 0.25) is 0 Å². The molecule has 2 unspecified atom stereocenters. The van der Waals surface area contributed by atoms with Crippen molar-refractivity contribution in [2.24, 2.45) is 11.7 Å². The number of aromatic nitrogens is 2. The molecule has 0 spiro atoms. The van der Waals surface area contributed by atoms with Crippen molar-refractivity contribution >= 4 is 28.7 Å². The zero-order chi connectivity index (χ0) is 22.7. The number of carbonyl (C=O) groups is 2. The Morgan fingerprint density at radius 3 is 2.75 bits per heavy atom. The van der Waals surface area contributed by atoms with E-state index in [-0.39, 0.29) is 27.9 Å². The van der Waals surface area contributed by atoms with Gasteiger partial charge in [-0.1, -0.05) is 30.0 Å². The molecule has 1 aliphatic heterocycles. The Morgan fingerprint density at radius 2 is 2.06 bits per heavy atom. The van der Waals surface area contributed by atoms with Gasteiger partial charge in [0.25, 0.3) is 0 Å². The fourth-order valence-electron chi connectivity index (χ4n) is 4.30. The van der Waals surface area contributed by atoms with Crippen molar-refractivity contribution in [3.8, 4) is 0 Å². The minimum Gasteiger partial charge on any atom is -0.329 e. The largest absolute Gasteiger partial charge is 0.329 e. The Hall–Kier alpha value is -2.29. The molecule has 1 saturated carbocycles. The van der Waals surface area contributed by atoms with Crippen molar-refractivity contribution in [1.82, 2.24) is 14.7 Å². The normalized spacial score (nSPS) is 21.6. The van der Waals surface area contributed by atoms with Crippen LogP contribution in [0, 0.1) is 11.7 Å². The van der Waals surface area contributed by atoms with Crippen LogP contribution in [0.3, 0.4) is 0 Å². The fraction of sp³-hybridized carbons (Fsp3) is 0.458. The van der Waals surface area contributed by atoms with E-state index in [1.165, 1.54) is 17.8 Å². The lowest BCUT2D eigenvalue weighted by atomic mass is 9.93. The van der Waals surface area contributed by atoms with E-state index in [1.54, 1.807) is 29.8 Å². The summed E-state index contributed by atoms with van der Waals surface area (Å²) < 4.78 is 16.5. The third-order valence-corrected chi connectivity index (χ3v) is 7.11. The maximum atomic E-state index is 14.7. The van der Waals surface area contributed by atoms with Gasteiger partial charge in [-0.3, -0.25) is 19.2 Å². The third-order valence-electron chi connectivity index (χ3n) is 5.95. The highest BCUT2D eigenvalue weighted by Gasteiger charge is 2.41. The van der Waals surface area contributed by atoms with Gasteiger partial charge in [0.05, 0.1) is 18.3 Å². The van der Waals surface area contributed by atoms with E-state index in [0.717, 1.165) is 24.1 Å². The van der Waals surface area contributed by atoms with Crippen LogP contribution in [0.4, 0.5) is 4.39 Å². The van der Waals surface area contributed by atoms with Crippen LogP contribution in [-0.2, 0) is 16.1 Å². The molecule has 2 aliphatic rings. The minimum atomic E-state index is -0.606. The summed E-state index contributed by atoms with van der Waals surface area (Å²) in [5, 5.41) is 4.62. The van der Waals surface area contributed by atoms with E-state index >= 15 is 0 Å². The van der Waals surface area contributed by atoms with Crippen LogP contribution in [0.1, 0.15) is 43.5 Å². The second-order valence-electron chi connectivity index (χ2n) is 8.47. The second-order valence-corrected chi connectivity index (χ2v) is 9.85. The van der Waals surface area contributed by atoms with Gasteiger partial charge in [-0.05, 0) is 43.0 Å². The summed E-state index contributed by atoms with van der Waals surface area (Å²) in [5.41, 5.74) is 7.88. The highest BCUT2D eigenvalue weighted by Crippen LogP contribution is 2.40. The van der Waals surface area contributed by atoms with Crippen LogP contribution in [0.15, 0.2) is 42.1 Å². The zero-order valence-corrected chi connectivity index (χ0v) is 19.1. The number of benzene rings is 1.